The second-order valence-corrected chi connectivity index (χ2v) is 6.20. The zero-order valence-corrected chi connectivity index (χ0v) is 13.6. The van der Waals surface area contributed by atoms with E-state index in [-0.39, 0.29) is 36.1 Å². The predicted molar refractivity (Wildman–Crippen MR) is 84.3 cm³/mol. The number of nitrogens with zero attached hydrogens (tertiary/aromatic N) is 2. The Hall–Kier alpha value is -2.71. The molecule has 1 aliphatic heterocycles. The van der Waals surface area contributed by atoms with E-state index in [1.807, 2.05) is 0 Å². The molecule has 0 saturated heterocycles. The van der Waals surface area contributed by atoms with Crippen molar-refractivity contribution >= 4 is 11.8 Å². The molecule has 1 N–H and O–H groups in total. The van der Waals surface area contributed by atoms with Gasteiger partial charge in [-0.2, -0.15) is 5.11 Å². The molecule has 1 aromatic rings. The Morgan fingerprint density at radius 3 is 2.65 bits per heavy atom. The van der Waals surface area contributed by atoms with Crippen LogP contribution in [-0.2, 0) is 16.0 Å². The summed E-state index contributed by atoms with van der Waals surface area (Å²) in [7, 11) is 0. The number of nitrogens with one attached hydrogen (secondary N) is 1. The van der Waals surface area contributed by atoms with Crippen molar-refractivity contribution in [2.24, 2.45) is 10.2 Å². The summed E-state index contributed by atoms with van der Waals surface area (Å²) in [6.45, 7) is 0. The van der Waals surface area contributed by atoms with Crippen molar-refractivity contribution in [3.63, 3.8) is 0 Å². The number of alkyl halides is 3. The van der Waals surface area contributed by atoms with Crippen molar-refractivity contribution in [1.29, 1.82) is 0 Å². The summed E-state index contributed by atoms with van der Waals surface area (Å²) in [4.78, 5) is 23.5. The molecule has 26 heavy (non-hydrogen) atoms. The average Bonchev–Trinajstić information content (AvgIpc) is 2.55. The molecule has 0 bridgehead atoms. The van der Waals surface area contributed by atoms with Crippen LogP contribution in [0.4, 0.5) is 13.2 Å². The maximum atomic E-state index is 12.2. The van der Waals surface area contributed by atoms with E-state index < -0.39 is 6.36 Å². The first-order valence-electron chi connectivity index (χ1n) is 8.08. The lowest BCUT2D eigenvalue weighted by atomic mass is 9.86. The molecule has 1 aromatic carbocycles. The van der Waals surface area contributed by atoms with Crippen LogP contribution in [0.2, 0.25) is 0 Å². The van der Waals surface area contributed by atoms with E-state index in [0.717, 1.165) is 12.0 Å². The van der Waals surface area contributed by atoms with E-state index >= 15 is 0 Å². The summed E-state index contributed by atoms with van der Waals surface area (Å²) < 4.78 is 40.2. The first kappa shape index (κ1) is 18.1. The van der Waals surface area contributed by atoms with Crippen molar-refractivity contribution in [2.45, 2.75) is 44.1 Å². The van der Waals surface area contributed by atoms with Gasteiger partial charge in [-0.1, -0.05) is 12.1 Å². The molecule has 6 nitrogen and oxygen atoms in total. The summed E-state index contributed by atoms with van der Waals surface area (Å²) in [6.07, 6.45) is -1.26. The molecule has 138 valence electrons. The van der Waals surface area contributed by atoms with Crippen LogP contribution in [-0.4, -0.2) is 30.3 Å². The van der Waals surface area contributed by atoms with E-state index in [0.29, 0.717) is 18.4 Å². The Bertz CT molecular complexity index is 757. The topological polar surface area (TPSA) is 80.1 Å². The van der Waals surface area contributed by atoms with Gasteiger partial charge >= 0.3 is 6.36 Å². The van der Waals surface area contributed by atoms with Crippen LogP contribution in [0.3, 0.4) is 0 Å². The van der Waals surface area contributed by atoms with Gasteiger partial charge in [-0.25, -0.2) is 0 Å². The molecule has 1 aliphatic carbocycles. The first-order chi connectivity index (χ1) is 12.3. The van der Waals surface area contributed by atoms with Crippen LogP contribution in [0.15, 0.2) is 46.1 Å². The van der Waals surface area contributed by atoms with Gasteiger partial charge in [0, 0.05) is 12.1 Å². The van der Waals surface area contributed by atoms with Gasteiger partial charge in [0.2, 0.25) is 5.91 Å². The first-order valence-corrected chi connectivity index (χ1v) is 8.08. The second kappa shape index (κ2) is 7.27. The third-order valence-corrected chi connectivity index (χ3v) is 4.19. The van der Waals surface area contributed by atoms with E-state index in [9.17, 15) is 22.8 Å². The molecule has 2 amide bonds. The van der Waals surface area contributed by atoms with Gasteiger partial charge in [0.15, 0.2) is 0 Å². The van der Waals surface area contributed by atoms with Gasteiger partial charge in [-0.3, -0.25) is 9.59 Å². The van der Waals surface area contributed by atoms with Gasteiger partial charge in [-0.05, 0) is 42.5 Å². The number of ether oxygens (including phenoxy) is 1. The van der Waals surface area contributed by atoms with Gasteiger partial charge in [0.25, 0.3) is 5.91 Å². The Labute approximate surface area is 147 Å². The number of carbonyl (C=O) groups excluding carboxylic acids is 2. The highest BCUT2D eigenvalue weighted by Gasteiger charge is 2.31. The third kappa shape index (κ3) is 4.90. The molecule has 2 unspecified atom stereocenters. The Kier molecular flexibility index (Phi) is 5.06. The number of amides is 2. The standard InChI is InChI=1S/C17H16F3N3O3/c18-17(19,20)26-13-4-1-10(2-5-13)7-15(24)21-12-3-6-14-11(8-12)9-16(25)23-22-14/h1-2,4-5,9,12,14H,3,6-8H2,(H,21,24). The van der Waals surface area contributed by atoms with Crippen LogP contribution in [0.1, 0.15) is 24.8 Å². The van der Waals surface area contributed by atoms with Gasteiger partial charge in [0.05, 0.1) is 12.5 Å². The Balaban J connectivity index is 1.52. The molecular formula is C17H16F3N3O3. The predicted octanol–water partition coefficient (Wildman–Crippen LogP) is 3.08. The third-order valence-electron chi connectivity index (χ3n) is 4.19. The average molecular weight is 367 g/mol. The number of fused-ring (bicyclic) bond motifs is 1. The summed E-state index contributed by atoms with van der Waals surface area (Å²) in [6, 6.07) is 5.00. The van der Waals surface area contributed by atoms with Crippen molar-refractivity contribution < 1.29 is 27.5 Å². The molecule has 1 saturated carbocycles. The fourth-order valence-electron chi connectivity index (χ4n) is 3.06. The minimum absolute atomic E-state index is 0.0455. The van der Waals surface area contributed by atoms with Crippen molar-refractivity contribution in [2.75, 3.05) is 0 Å². The van der Waals surface area contributed by atoms with E-state index in [1.165, 1.54) is 30.3 Å². The van der Waals surface area contributed by atoms with Crippen molar-refractivity contribution in [3.05, 3.63) is 41.5 Å². The van der Waals surface area contributed by atoms with Crippen LogP contribution in [0.25, 0.3) is 0 Å². The monoisotopic (exact) mass is 367 g/mol. The molecule has 0 aromatic heterocycles. The minimum Gasteiger partial charge on any atom is -0.406 e. The summed E-state index contributed by atoms with van der Waals surface area (Å²) in [5.41, 5.74) is 1.45. The zero-order chi connectivity index (χ0) is 18.7. The molecule has 1 fully saturated rings. The van der Waals surface area contributed by atoms with E-state index in [4.69, 9.17) is 0 Å². The molecule has 0 spiro atoms. The van der Waals surface area contributed by atoms with Gasteiger partial charge < -0.3 is 10.1 Å². The fourth-order valence-corrected chi connectivity index (χ4v) is 3.06. The number of hydrogen-bond acceptors (Lipinski definition) is 4. The SMILES string of the molecule is O=C1C=C2CC(NC(=O)Cc3ccc(OC(F)(F)F)cc3)CCC2N=N1. The van der Waals surface area contributed by atoms with Crippen molar-refractivity contribution in [1.82, 2.24) is 5.32 Å². The molecule has 3 rings (SSSR count). The zero-order valence-electron chi connectivity index (χ0n) is 13.6. The Morgan fingerprint density at radius 2 is 1.96 bits per heavy atom. The largest absolute Gasteiger partial charge is 0.573 e. The second-order valence-electron chi connectivity index (χ2n) is 6.20. The molecule has 1 heterocycles. The lowest BCUT2D eigenvalue weighted by molar-refractivity contribution is -0.274. The fraction of sp³-hybridized carbons (Fsp3) is 0.412. The molecular weight excluding hydrogens is 351 g/mol. The van der Waals surface area contributed by atoms with Gasteiger partial charge in [0.1, 0.15) is 5.75 Å². The quantitative estimate of drug-likeness (QED) is 0.888. The number of rotatable bonds is 4. The highest BCUT2D eigenvalue weighted by Crippen LogP contribution is 2.29. The van der Waals surface area contributed by atoms with Gasteiger partial charge in [-0.15, -0.1) is 18.3 Å². The van der Waals surface area contributed by atoms with Crippen LogP contribution in [0, 0.1) is 0 Å². The lowest BCUT2D eigenvalue weighted by Crippen LogP contribution is -2.40. The molecule has 0 radical (unpaired) electrons. The number of hydrogen-bond donors (Lipinski definition) is 1. The van der Waals surface area contributed by atoms with Crippen LogP contribution >= 0.6 is 0 Å². The maximum Gasteiger partial charge on any atom is 0.573 e. The minimum atomic E-state index is -4.74. The number of carbonyl (C=O) groups is 2. The Morgan fingerprint density at radius 1 is 1.23 bits per heavy atom. The normalized spacial score (nSPS) is 22.4. The highest BCUT2D eigenvalue weighted by molar-refractivity contribution is 5.89. The summed E-state index contributed by atoms with van der Waals surface area (Å²) in [5, 5.41) is 10.4. The van der Waals surface area contributed by atoms with E-state index in [1.54, 1.807) is 0 Å². The van der Waals surface area contributed by atoms with Crippen LogP contribution in [0.5, 0.6) is 5.75 Å². The van der Waals surface area contributed by atoms with Crippen molar-refractivity contribution in [3.8, 4) is 5.75 Å². The highest BCUT2D eigenvalue weighted by atomic mass is 19.4. The molecule has 9 heteroatoms. The van der Waals surface area contributed by atoms with Crippen LogP contribution < -0.4 is 10.1 Å². The smallest absolute Gasteiger partial charge is 0.406 e. The number of azo groups is 1. The maximum absolute atomic E-state index is 12.2. The lowest BCUT2D eigenvalue weighted by Gasteiger charge is -2.30. The number of benzene rings is 1. The molecule has 2 aliphatic rings. The van der Waals surface area contributed by atoms with E-state index in [2.05, 4.69) is 20.3 Å². The number of halogens is 3. The molecule has 2 atom stereocenters. The summed E-state index contributed by atoms with van der Waals surface area (Å²) >= 11 is 0. The summed E-state index contributed by atoms with van der Waals surface area (Å²) in [5.74, 6) is -0.949.